The van der Waals surface area contributed by atoms with Crippen molar-refractivity contribution in [1.29, 1.82) is 0 Å². The molecule has 0 atom stereocenters. The van der Waals surface area contributed by atoms with Crippen molar-refractivity contribution < 1.29 is 68.6 Å². The minimum atomic E-state index is -5.11. The lowest BCUT2D eigenvalue weighted by molar-refractivity contribution is -0.435. The fourth-order valence-corrected chi connectivity index (χ4v) is 8.58. The number of phenolic OH excluding ortho intramolecular Hbond substituents is 2. The molecule has 0 spiro atoms. The van der Waals surface area contributed by atoms with Gasteiger partial charge < -0.3 is 26.9 Å². The molecule has 0 fully saturated rings. The maximum Gasteiger partial charge on any atom is 0.296 e. The van der Waals surface area contributed by atoms with Crippen LogP contribution in [-0.2, 0) is 39.7 Å². The second-order valence-corrected chi connectivity index (χ2v) is 17.6. The van der Waals surface area contributed by atoms with Crippen LogP contribution in [-0.4, -0.2) is 59.2 Å². The van der Waals surface area contributed by atoms with E-state index >= 15 is 0 Å². The number of fused-ring (bicyclic) bond motifs is 2. The summed E-state index contributed by atoms with van der Waals surface area (Å²) in [6.07, 6.45) is 0. The first-order chi connectivity index (χ1) is 28.5. The van der Waals surface area contributed by atoms with Gasteiger partial charge in [0.25, 0.3) is 30.4 Å². The van der Waals surface area contributed by atoms with Crippen molar-refractivity contribution >= 4 is 109 Å². The van der Waals surface area contributed by atoms with Gasteiger partial charge in [0, 0.05) is 28.0 Å². The van der Waals surface area contributed by atoms with Crippen molar-refractivity contribution in [2.75, 3.05) is 11.5 Å². The molecule has 10 N–H and O–H groups in total. The molecule has 0 radical (unpaired) electrons. The Kier molecular flexibility index (Phi) is 12.0. The summed E-state index contributed by atoms with van der Waals surface area (Å²) in [7, 11) is -15.0. The van der Waals surface area contributed by atoms with E-state index in [-0.39, 0.29) is 60.9 Å². The van der Waals surface area contributed by atoms with E-state index in [2.05, 4.69) is 34.9 Å². The fourth-order valence-electron chi connectivity index (χ4n) is 5.90. The molecule has 23 nitrogen and oxygen atoms in total. The molecule has 318 valence electrons. The van der Waals surface area contributed by atoms with Gasteiger partial charge in [0.1, 0.15) is 31.7 Å². The number of benzene rings is 6. The van der Waals surface area contributed by atoms with Crippen LogP contribution in [0.4, 0.5) is 45.5 Å². The van der Waals surface area contributed by atoms with Crippen LogP contribution < -0.4 is 11.5 Å². The predicted octanol–water partition coefficient (Wildman–Crippen LogP) is 8.11. The number of anilines is 2. The number of nitrogens with zero attached hydrogens (tertiary/aromatic N) is 6. The molecule has 0 bridgehead atoms. The molecule has 0 aromatic heterocycles. The average Bonchev–Trinajstić information content (AvgIpc) is 3.16. The molecule has 27 heteroatoms. The quantitative estimate of drug-likeness (QED) is 0.0109. The second-order valence-electron chi connectivity index (χ2n) is 12.7. The van der Waals surface area contributed by atoms with Crippen LogP contribution in [0.5, 0.6) is 11.5 Å². The smallest absolute Gasteiger partial charge is 0.296 e. The standard InChI is InChI=1S/C34H28N8O15S4/c1-15-11-17(3-7-21(15)37-40-24-10-6-20-27(60(50,51)52)14-28(61(53,54)55)32(36)30(20)34(24)44)41-42(45)18-4-8-22(16(2)12-18)38-39-23-9-5-19-26(59(47,48)49)13-25(58-57-56-46)31(35)29(19)33(23)43/h3-14,43-44,46H,35-36H2,1-2H3,(H,47,48,49)(H,50,51,52)(H,53,54,55). The van der Waals surface area contributed by atoms with Gasteiger partial charge in [-0.1, -0.05) is 22.0 Å². The molecule has 0 heterocycles. The molecule has 0 aliphatic heterocycles. The molecule has 0 aliphatic carbocycles. The maximum absolute atomic E-state index is 13.1. The molecule has 0 unspecified atom stereocenters. The van der Waals surface area contributed by atoms with Gasteiger partial charge in [0.15, 0.2) is 11.5 Å². The third-order valence-corrected chi connectivity index (χ3v) is 12.1. The van der Waals surface area contributed by atoms with Gasteiger partial charge in [-0.15, -0.1) is 14.6 Å². The normalized spacial score (nSPS) is 13.0. The molecule has 6 rings (SSSR count). The molecule has 0 aliphatic rings. The van der Waals surface area contributed by atoms with Crippen molar-refractivity contribution in [3.63, 3.8) is 0 Å². The predicted molar refractivity (Wildman–Crippen MR) is 216 cm³/mol. The number of azo groups is 3. The summed E-state index contributed by atoms with van der Waals surface area (Å²) < 4.78 is 105. The Balaban J connectivity index is 1.25. The van der Waals surface area contributed by atoms with Gasteiger partial charge in [0.05, 0.1) is 50.5 Å². The Morgan fingerprint density at radius 1 is 0.623 bits per heavy atom. The minimum Gasteiger partial charge on any atom is -0.594 e. The number of nitrogens with two attached hydrogens (primary N) is 2. The summed E-state index contributed by atoms with van der Waals surface area (Å²) in [6.45, 7) is 3.22. The number of nitrogen functional groups attached to an aromatic ring is 2. The van der Waals surface area contributed by atoms with E-state index in [0.29, 0.717) is 34.1 Å². The Morgan fingerprint density at radius 2 is 1.08 bits per heavy atom. The third kappa shape index (κ3) is 9.05. The molecule has 61 heavy (non-hydrogen) atoms. The SMILES string of the molecule is Cc1cc([N+]([O-])=Nc2ccc(N=Nc3ccc4c(S(=O)(=O)O)cc(S(=O)(=O)O)c(N)c4c3O)c(C)c2)ccc1N=Nc1ccc2c(S(=O)(=O)O)cc(SOOO)c(N)c2c1O. The summed E-state index contributed by atoms with van der Waals surface area (Å²) >= 11 is 0.296. The number of hydrogen-bond acceptors (Lipinski definition) is 20. The van der Waals surface area contributed by atoms with Crippen molar-refractivity contribution in [3.05, 3.63) is 89.1 Å². The van der Waals surface area contributed by atoms with Crippen LogP contribution >= 0.6 is 12.0 Å². The van der Waals surface area contributed by atoms with Gasteiger partial charge in [-0.05, 0) is 73.5 Å². The largest absolute Gasteiger partial charge is 0.594 e. The highest BCUT2D eigenvalue weighted by atomic mass is 32.2. The summed E-state index contributed by atoms with van der Waals surface area (Å²) in [5.74, 6) is -1.42. The Labute approximate surface area is 347 Å². The zero-order chi connectivity index (χ0) is 44.8. The van der Waals surface area contributed by atoms with Crippen LogP contribution in [0.3, 0.4) is 0 Å². The molecule has 0 saturated carbocycles. The minimum absolute atomic E-state index is 0.0800. The topological polar surface area (TPSA) is 382 Å². The first-order valence-electron chi connectivity index (χ1n) is 16.5. The van der Waals surface area contributed by atoms with Crippen molar-refractivity contribution in [2.45, 2.75) is 33.4 Å². The van der Waals surface area contributed by atoms with Crippen molar-refractivity contribution in [2.24, 2.45) is 25.6 Å². The van der Waals surface area contributed by atoms with Crippen molar-refractivity contribution in [1.82, 2.24) is 0 Å². The van der Waals surface area contributed by atoms with Crippen LogP contribution in [0.1, 0.15) is 11.1 Å². The second kappa shape index (κ2) is 16.6. The first-order valence-corrected chi connectivity index (χ1v) is 21.5. The summed E-state index contributed by atoms with van der Waals surface area (Å²) in [5.41, 5.74) is 12.3. The van der Waals surface area contributed by atoms with Crippen molar-refractivity contribution in [3.8, 4) is 11.5 Å². The van der Waals surface area contributed by atoms with Gasteiger partial charge in [0.2, 0.25) is 5.69 Å². The molecule has 6 aromatic rings. The van der Waals surface area contributed by atoms with Gasteiger partial charge in [-0.25, -0.2) is 5.26 Å². The number of aromatic hydroxyl groups is 2. The summed E-state index contributed by atoms with van der Waals surface area (Å²) in [5, 5.41) is 66.0. The molecule has 0 saturated heterocycles. The Bertz CT molecular complexity index is 3250. The van der Waals surface area contributed by atoms with E-state index in [1.807, 2.05) is 0 Å². The first kappa shape index (κ1) is 44.2. The summed E-state index contributed by atoms with van der Waals surface area (Å²) in [6, 6.07) is 14.7. The molecule has 0 amide bonds. The van der Waals surface area contributed by atoms with Crippen LogP contribution in [0.15, 0.2) is 118 Å². The van der Waals surface area contributed by atoms with Gasteiger partial charge in [-0.2, -0.15) is 35.5 Å². The number of rotatable bonds is 12. The lowest BCUT2D eigenvalue weighted by Gasteiger charge is -2.13. The van der Waals surface area contributed by atoms with E-state index in [1.54, 1.807) is 13.8 Å². The summed E-state index contributed by atoms with van der Waals surface area (Å²) in [4.78, 5) is -2.49. The highest BCUT2D eigenvalue weighted by molar-refractivity contribution is 7.94. The lowest BCUT2D eigenvalue weighted by Crippen LogP contribution is -2.08. The molecular formula is C34H28N8O15S4. The highest BCUT2D eigenvalue weighted by Gasteiger charge is 2.27. The van der Waals surface area contributed by atoms with E-state index in [9.17, 15) is 54.3 Å². The number of hydrogen-bond donors (Lipinski definition) is 8. The fraction of sp³-hybridized carbons (Fsp3) is 0.0588. The van der Waals surface area contributed by atoms with E-state index in [0.717, 1.165) is 18.2 Å². The average molecular weight is 917 g/mol. The Hall–Kier alpha value is -6.40. The Morgan fingerprint density at radius 3 is 1.57 bits per heavy atom. The van der Waals surface area contributed by atoms with E-state index < -0.39 is 67.6 Å². The zero-order valence-corrected chi connectivity index (χ0v) is 34.0. The van der Waals surface area contributed by atoms with Crippen LogP contribution in [0, 0.1) is 19.1 Å². The number of phenols is 2. The van der Waals surface area contributed by atoms with Crippen LogP contribution in [0.25, 0.3) is 21.5 Å². The van der Waals surface area contributed by atoms with Gasteiger partial charge in [-0.3, -0.25) is 13.7 Å². The van der Waals surface area contributed by atoms with Gasteiger partial charge >= 0.3 is 0 Å². The maximum atomic E-state index is 13.1. The van der Waals surface area contributed by atoms with E-state index in [1.165, 1.54) is 48.5 Å². The lowest BCUT2D eigenvalue weighted by atomic mass is 10.1. The van der Waals surface area contributed by atoms with E-state index in [4.69, 9.17) is 16.7 Å². The van der Waals surface area contributed by atoms with Crippen LogP contribution in [0.2, 0.25) is 0 Å². The zero-order valence-electron chi connectivity index (χ0n) is 30.8. The molecule has 6 aromatic carbocycles. The number of aryl methyl sites for hydroxylation is 2. The monoisotopic (exact) mass is 916 g/mol. The molecular weight excluding hydrogens is 889 g/mol. The highest BCUT2D eigenvalue weighted by Crippen LogP contribution is 2.46. The third-order valence-electron chi connectivity index (χ3n) is 8.74.